The zero-order valence-electron chi connectivity index (χ0n) is 10.5. The maximum Gasteiger partial charge on any atom is 0.0936 e. The Morgan fingerprint density at radius 1 is 1.53 bits per heavy atom. The summed E-state index contributed by atoms with van der Waals surface area (Å²) >= 11 is 0. The quantitative estimate of drug-likeness (QED) is 0.806. The molecule has 1 N–H and O–H groups in total. The number of ether oxygens (including phenoxy) is 1. The molecule has 17 heavy (non-hydrogen) atoms. The molecule has 5 nitrogen and oxygen atoms in total. The molecule has 0 spiro atoms. The van der Waals surface area contributed by atoms with Crippen molar-refractivity contribution in [3.05, 3.63) is 18.0 Å². The van der Waals surface area contributed by atoms with Crippen LogP contribution in [-0.4, -0.2) is 58.2 Å². The third-order valence-electron chi connectivity index (χ3n) is 3.21. The van der Waals surface area contributed by atoms with Gasteiger partial charge in [-0.05, 0) is 13.0 Å². The van der Waals surface area contributed by atoms with Gasteiger partial charge in [0.2, 0.25) is 0 Å². The minimum Gasteiger partial charge on any atom is -0.394 e. The Bertz CT molecular complexity index is 353. The lowest BCUT2D eigenvalue weighted by Crippen LogP contribution is -2.48. The molecule has 1 aromatic heterocycles. The standard InChI is InChI=1S/C12H21N3O2/c1-10-7-15(8-12(9-16)17-10)6-4-11-3-5-13-14(11)2/h3,5,10,12,16H,4,6-9H2,1-2H3. The van der Waals surface area contributed by atoms with Gasteiger partial charge in [0.1, 0.15) is 0 Å². The highest BCUT2D eigenvalue weighted by Gasteiger charge is 2.24. The molecular weight excluding hydrogens is 218 g/mol. The van der Waals surface area contributed by atoms with Crippen LogP contribution in [0.15, 0.2) is 12.3 Å². The van der Waals surface area contributed by atoms with Crippen LogP contribution in [-0.2, 0) is 18.2 Å². The lowest BCUT2D eigenvalue weighted by molar-refractivity contribution is -0.0948. The molecule has 2 heterocycles. The largest absolute Gasteiger partial charge is 0.394 e. The predicted octanol–water partition coefficient (Wildman–Crippen LogP) is 0.0442. The average molecular weight is 239 g/mol. The van der Waals surface area contributed by atoms with Crippen molar-refractivity contribution in [2.45, 2.75) is 25.6 Å². The monoisotopic (exact) mass is 239 g/mol. The Labute approximate surface area is 102 Å². The Morgan fingerprint density at radius 2 is 2.35 bits per heavy atom. The van der Waals surface area contributed by atoms with Gasteiger partial charge < -0.3 is 9.84 Å². The lowest BCUT2D eigenvalue weighted by atomic mass is 10.2. The second-order valence-electron chi connectivity index (χ2n) is 4.71. The number of aryl methyl sites for hydroxylation is 1. The van der Waals surface area contributed by atoms with Crippen molar-refractivity contribution in [2.24, 2.45) is 7.05 Å². The SMILES string of the molecule is CC1CN(CCc2ccnn2C)CC(CO)O1. The van der Waals surface area contributed by atoms with E-state index in [1.54, 1.807) is 0 Å². The maximum atomic E-state index is 9.16. The lowest BCUT2D eigenvalue weighted by Gasteiger charge is -2.36. The Kier molecular flexibility index (Phi) is 4.15. The molecule has 0 aromatic carbocycles. The number of hydrogen-bond donors (Lipinski definition) is 1. The summed E-state index contributed by atoms with van der Waals surface area (Å²) in [7, 11) is 1.97. The number of morpholine rings is 1. The number of aliphatic hydroxyl groups excluding tert-OH is 1. The van der Waals surface area contributed by atoms with Crippen molar-refractivity contribution in [2.75, 3.05) is 26.2 Å². The molecule has 96 valence electrons. The number of aromatic nitrogens is 2. The Hall–Kier alpha value is -0.910. The highest BCUT2D eigenvalue weighted by molar-refractivity contribution is 5.00. The van der Waals surface area contributed by atoms with E-state index in [0.717, 1.165) is 26.1 Å². The molecule has 5 heteroatoms. The third-order valence-corrected chi connectivity index (χ3v) is 3.21. The molecule has 0 radical (unpaired) electrons. The molecule has 1 aromatic rings. The van der Waals surface area contributed by atoms with Crippen molar-refractivity contribution in [1.29, 1.82) is 0 Å². The zero-order chi connectivity index (χ0) is 12.3. The summed E-state index contributed by atoms with van der Waals surface area (Å²) in [5, 5.41) is 13.3. The van der Waals surface area contributed by atoms with Crippen LogP contribution in [0.5, 0.6) is 0 Å². The predicted molar refractivity (Wildman–Crippen MR) is 64.8 cm³/mol. The van der Waals surface area contributed by atoms with Crippen LogP contribution in [0.4, 0.5) is 0 Å². The van der Waals surface area contributed by atoms with Gasteiger partial charge in [-0.1, -0.05) is 0 Å². The van der Waals surface area contributed by atoms with Gasteiger partial charge in [0.05, 0.1) is 18.8 Å². The highest BCUT2D eigenvalue weighted by atomic mass is 16.5. The van der Waals surface area contributed by atoms with Gasteiger partial charge in [0.25, 0.3) is 0 Å². The molecule has 1 fully saturated rings. The van der Waals surface area contributed by atoms with Crippen LogP contribution >= 0.6 is 0 Å². The van der Waals surface area contributed by atoms with E-state index in [4.69, 9.17) is 9.84 Å². The highest BCUT2D eigenvalue weighted by Crippen LogP contribution is 2.11. The smallest absolute Gasteiger partial charge is 0.0936 e. The van der Waals surface area contributed by atoms with E-state index in [1.807, 2.05) is 24.0 Å². The van der Waals surface area contributed by atoms with Crippen LogP contribution in [0.3, 0.4) is 0 Å². The molecule has 0 saturated carbocycles. The Morgan fingerprint density at radius 3 is 3.00 bits per heavy atom. The number of hydrogen-bond acceptors (Lipinski definition) is 4. The van der Waals surface area contributed by atoms with E-state index < -0.39 is 0 Å². The zero-order valence-corrected chi connectivity index (χ0v) is 10.5. The molecule has 0 amide bonds. The number of rotatable bonds is 4. The molecular formula is C12H21N3O2. The van der Waals surface area contributed by atoms with Crippen LogP contribution in [0.1, 0.15) is 12.6 Å². The van der Waals surface area contributed by atoms with Gasteiger partial charge in [0.15, 0.2) is 0 Å². The molecule has 0 aliphatic carbocycles. The van der Waals surface area contributed by atoms with Gasteiger partial charge in [-0.15, -0.1) is 0 Å². The fraction of sp³-hybridized carbons (Fsp3) is 0.750. The van der Waals surface area contributed by atoms with E-state index in [1.165, 1.54) is 5.69 Å². The van der Waals surface area contributed by atoms with Gasteiger partial charge >= 0.3 is 0 Å². The summed E-state index contributed by atoms with van der Waals surface area (Å²) in [4.78, 5) is 2.35. The first kappa shape index (κ1) is 12.5. The summed E-state index contributed by atoms with van der Waals surface area (Å²) in [5.74, 6) is 0. The molecule has 2 unspecified atom stereocenters. The van der Waals surface area contributed by atoms with Crippen molar-refractivity contribution in [1.82, 2.24) is 14.7 Å². The summed E-state index contributed by atoms with van der Waals surface area (Å²) in [6, 6.07) is 2.05. The van der Waals surface area contributed by atoms with Crippen molar-refractivity contribution >= 4 is 0 Å². The van der Waals surface area contributed by atoms with E-state index in [2.05, 4.69) is 16.9 Å². The summed E-state index contributed by atoms with van der Waals surface area (Å²) in [6.07, 6.45) is 2.98. The fourth-order valence-electron chi connectivity index (χ4n) is 2.34. The number of nitrogens with zero attached hydrogens (tertiary/aromatic N) is 3. The van der Waals surface area contributed by atoms with Crippen molar-refractivity contribution in [3.63, 3.8) is 0 Å². The third kappa shape index (κ3) is 3.28. The van der Waals surface area contributed by atoms with E-state index in [-0.39, 0.29) is 18.8 Å². The summed E-state index contributed by atoms with van der Waals surface area (Å²) < 4.78 is 7.53. The topological polar surface area (TPSA) is 50.5 Å². The van der Waals surface area contributed by atoms with Crippen LogP contribution in [0.25, 0.3) is 0 Å². The van der Waals surface area contributed by atoms with Gasteiger partial charge in [0, 0.05) is 45.0 Å². The maximum absolute atomic E-state index is 9.16. The molecule has 2 rings (SSSR count). The van der Waals surface area contributed by atoms with Gasteiger partial charge in [-0.25, -0.2) is 0 Å². The van der Waals surface area contributed by atoms with Crippen molar-refractivity contribution < 1.29 is 9.84 Å². The fourth-order valence-corrected chi connectivity index (χ4v) is 2.34. The summed E-state index contributed by atoms with van der Waals surface area (Å²) in [5.41, 5.74) is 1.24. The normalized spacial score (nSPS) is 26.3. The van der Waals surface area contributed by atoms with E-state index in [9.17, 15) is 0 Å². The molecule has 2 atom stereocenters. The average Bonchev–Trinajstić information content (AvgIpc) is 2.71. The van der Waals surface area contributed by atoms with Gasteiger partial charge in [-0.2, -0.15) is 5.10 Å². The first-order valence-electron chi connectivity index (χ1n) is 6.14. The molecule has 0 bridgehead atoms. The van der Waals surface area contributed by atoms with Crippen LogP contribution < -0.4 is 0 Å². The first-order valence-corrected chi connectivity index (χ1v) is 6.14. The van der Waals surface area contributed by atoms with Crippen molar-refractivity contribution in [3.8, 4) is 0 Å². The first-order chi connectivity index (χ1) is 8.19. The second kappa shape index (κ2) is 5.62. The minimum absolute atomic E-state index is 0.0368. The Balaban J connectivity index is 1.84. The molecule has 1 aliphatic rings. The summed E-state index contributed by atoms with van der Waals surface area (Å²) in [6.45, 7) is 4.90. The van der Waals surface area contributed by atoms with E-state index >= 15 is 0 Å². The molecule has 1 saturated heterocycles. The van der Waals surface area contributed by atoms with Crippen LogP contribution in [0, 0.1) is 0 Å². The number of aliphatic hydroxyl groups is 1. The second-order valence-corrected chi connectivity index (χ2v) is 4.71. The van der Waals surface area contributed by atoms with E-state index in [0.29, 0.717) is 0 Å². The minimum atomic E-state index is -0.0368. The molecule has 1 aliphatic heterocycles. The van der Waals surface area contributed by atoms with Crippen LogP contribution in [0.2, 0.25) is 0 Å². The van der Waals surface area contributed by atoms with Gasteiger partial charge in [-0.3, -0.25) is 9.58 Å².